The second-order valence-electron chi connectivity index (χ2n) is 20.8. The molecule has 0 aromatic heterocycles. The zero-order valence-electron chi connectivity index (χ0n) is 42.4. The minimum atomic E-state index is -2.92. The van der Waals surface area contributed by atoms with E-state index in [1.165, 1.54) is 71.3 Å². The fraction of sp³-hybridized carbons (Fsp3) is 0. The maximum absolute atomic E-state index is 7.85. The first-order valence-electron chi connectivity index (χ1n) is 26.9. The monoisotopic (exact) mass is 1060 g/mol. The lowest BCUT2D eigenvalue weighted by molar-refractivity contribution is 1.22. The van der Waals surface area contributed by atoms with Gasteiger partial charge in [-0.15, -0.1) is 0 Å². The summed E-state index contributed by atoms with van der Waals surface area (Å²) in [6.07, 6.45) is 0. The van der Waals surface area contributed by atoms with E-state index in [0.717, 1.165) is 73.6 Å². The van der Waals surface area contributed by atoms with E-state index in [1.54, 1.807) is 0 Å². The van der Waals surface area contributed by atoms with Crippen LogP contribution in [0.1, 0.15) is 0 Å². The molecule has 12 aromatic carbocycles. The van der Waals surface area contributed by atoms with Crippen molar-refractivity contribution in [2.75, 3.05) is 29.4 Å². The maximum atomic E-state index is 7.85. The smallest absolute Gasteiger partial charge is 0.0653 e. The lowest BCUT2D eigenvalue weighted by atomic mass is 9.97. The van der Waals surface area contributed by atoms with Crippen molar-refractivity contribution in [3.05, 3.63) is 267 Å². The van der Waals surface area contributed by atoms with Gasteiger partial charge in [0.25, 0.3) is 0 Å². The summed E-state index contributed by atoms with van der Waals surface area (Å²) in [5, 5.41) is 10.1. The van der Waals surface area contributed by atoms with Gasteiger partial charge in [-0.25, -0.2) is 0 Å². The summed E-state index contributed by atoms with van der Waals surface area (Å²) in [6.45, 7) is 0. The van der Waals surface area contributed by atoms with E-state index in [1.807, 2.05) is 0 Å². The molecule has 0 aliphatic carbocycles. The van der Waals surface area contributed by atoms with Gasteiger partial charge in [-0.05, 0) is 133 Å². The number of benzene rings is 12. The van der Waals surface area contributed by atoms with Crippen molar-refractivity contribution in [2.24, 2.45) is 0 Å². The quantitative estimate of drug-likeness (QED) is 0.153. The van der Waals surface area contributed by atoms with E-state index >= 15 is 0 Å². The van der Waals surface area contributed by atoms with Crippen LogP contribution in [0.2, 0.25) is 0 Å². The highest BCUT2D eigenvalue weighted by molar-refractivity contribution is 8.26. The molecule has 0 N–H and O–H groups in total. The average Bonchev–Trinajstić information content (AvgIpc) is 2.37. The zero-order chi connectivity index (χ0) is 51.7. The van der Waals surface area contributed by atoms with Crippen LogP contribution in [0, 0.1) is 0 Å². The van der Waals surface area contributed by atoms with Gasteiger partial charge in [-0.2, -0.15) is 0 Å². The largest absolute Gasteiger partial charge is 0.309 e. The average molecular weight is 1060 g/mol. The van der Waals surface area contributed by atoms with Crippen molar-refractivity contribution in [3.8, 4) is 0 Å². The molecular formula is C70H44N6P2S. The van der Waals surface area contributed by atoms with Crippen LogP contribution in [0.3, 0.4) is 0 Å². The van der Waals surface area contributed by atoms with E-state index in [-0.39, 0.29) is 0 Å². The molecule has 0 saturated carbocycles. The van der Waals surface area contributed by atoms with Gasteiger partial charge in [-0.1, -0.05) is 145 Å². The molecule has 0 fully saturated rings. The van der Waals surface area contributed by atoms with Gasteiger partial charge in [0.05, 0.1) is 74.3 Å². The van der Waals surface area contributed by atoms with E-state index in [9.17, 15) is 0 Å². The predicted octanol–water partition coefficient (Wildman–Crippen LogP) is 17.1. The van der Waals surface area contributed by atoms with Crippen molar-refractivity contribution in [2.45, 2.75) is 0 Å². The van der Waals surface area contributed by atoms with Crippen molar-refractivity contribution >= 4 is 171 Å². The molecule has 79 heavy (non-hydrogen) atoms. The van der Waals surface area contributed by atoms with Crippen LogP contribution in [-0.2, 0) is 11.8 Å². The molecule has 9 heteroatoms. The Labute approximate surface area is 464 Å². The first-order chi connectivity index (χ1) is 39.2. The molecule has 12 aromatic rings. The van der Waals surface area contributed by atoms with Gasteiger partial charge < -0.3 is 29.4 Å². The maximum Gasteiger partial charge on any atom is 0.0653 e. The normalized spacial score (nSPS) is 16.9. The molecule has 18 rings (SSSR count). The summed E-state index contributed by atoms with van der Waals surface area (Å²) in [7, 11) is -1.15. The fourth-order valence-corrected chi connectivity index (χ4v) is 22.4. The molecular weight excluding hydrogens is 1020 g/mol. The number of hydrogen-bond donors (Lipinski definition) is 0. The van der Waals surface area contributed by atoms with Crippen LogP contribution in [0.4, 0.5) is 102 Å². The fourth-order valence-electron chi connectivity index (χ4n) is 13.9. The Bertz CT molecular complexity index is 4580. The van der Waals surface area contributed by atoms with Crippen LogP contribution < -0.4 is 61.2 Å². The molecule has 0 spiro atoms. The molecule has 2 unspecified atom stereocenters. The molecule has 6 aliphatic heterocycles. The van der Waals surface area contributed by atoms with Gasteiger partial charge in [0.15, 0.2) is 0 Å². The summed E-state index contributed by atoms with van der Waals surface area (Å²) in [5.74, 6) is 0. The summed E-state index contributed by atoms with van der Waals surface area (Å²) in [4.78, 5) is 15.3. The molecule has 6 nitrogen and oxygen atoms in total. The number of anilines is 18. The van der Waals surface area contributed by atoms with Crippen LogP contribution >= 0.6 is 14.0 Å². The van der Waals surface area contributed by atoms with E-state index in [2.05, 4.69) is 296 Å². The van der Waals surface area contributed by atoms with Crippen LogP contribution in [-0.4, -0.2) is 0 Å². The van der Waals surface area contributed by atoms with Crippen molar-refractivity contribution < 1.29 is 0 Å². The lowest BCUT2D eigenvalue weighted by Crippen LogP contribution is -2.48. The Kier molecular flexibility index (Phi) is 8.97. The second-order valence-corrected chi connectivity index (χ2v) is 27.0. The van der Waals surface area contributed by atoms with Crippen LogP contribution in [0.5, 0.6) is 0 Å². The third-order valence-corrected chi connectivity index (χ3v) is 24.4. The minimum Gasteiger partial charge on any atom is -0.309 e. The Morgan fingerprint density at radius 2 is 0.519 bits per heavy atom. The summed E-state index contributed by atoms with van der Waals surface area (Å²) in [6, 6.07) is 96.1. The number of nitrogens with zero attached hydrogens (tertiary/aromatic N) is 6. The topological polar surface area (TPSA) is 19.4 Å². The third kappa shape index (κ3) is 5.66. The van der Waals surface area contributed by atoms with Crippen LogP contribution in [0.15, 0.2) is 267 Å². The van der Waals surface area contributed by atoms with Gasteiger partial charge in [0.2, 0.25) is 0 Å². The number of fused-ring (bicyclic) bond motifs is 3. The molecule has 0 saturated heterocycles. The summed E-state index contributed by atoms with van der Waals surface area (Å²) >= 11 is 7.85. The Morgan fingerprint density at radius 1 is 0.241 bits per heavy atom. The molecule has 0 bridgehead atoms. The minimum absolute atomic E-state index is 1.09. The Hall–Kier alpha value is -9.22. The SMILES string of the molecule is S=P12c3c4cccc3N(c3ccccc3)c3cc5c6c7c(cc5c(c31)N(c1ccccc1)c1cccc(c12)N4c1ccccc1)N(c1ccccc1)c1cccc2c1P7c1c(cccc1N6c1ccccc1)N2c1ccccc1. The van der Waals surface area contributed by atoms with Gasteiger partial charge in [-0.3, -0.25) is 0 Å². The highest BCUT2D eigenvalue weighted by Gasteiger charge is 2.54. The standard InChI is InChI=1S/C70H44N6P2S/c79-78-68-57-39-21-41-59(68)74(48-29-13-4-14-30-48)62-44-51-52(64(70(62)78)76(50-33-17-6-18-34-50)60-42-22-40-58(69(60)78)73(57)47-27-11-3-12-28-47)43-61-67-63(51)75(49-31-15-5-16-32-49)56-38-20-36-54-66(56)77(67)65-53(71(54)45-23-7-1-8-24-45)35-19-37-55(65)72(61)46-25-9-2-10-26-46/h1-44H. The van der Waals surface area contributed by atoms with E-state index in [4.69, 9.17) is 11.8 Å². The van der Waals surface area contributed by atoms with Gasteiger partial charge in [0.1, 0.15) is 0 Å². The zero-order valence-corrected chi connectivity index (χ0v) is 45.0. The van der Waals surface area contributed by atoms with E-state index in [0.29, 0.717) is 0 Å². The summed E-state index contributed by atoms with van der Waals surface area (Å²) < 4.78 is 0. The Balaban J connectivity index is 1.06. The number of para-hydroxylation sites is 6. The third-order valence-electron chi connectivity index (χ3n) is 16.8. The van der Waals surface area contributed by atoms with Gasteiger partial charge >= 0.3 is 0 Å². The highest BCUT2D eigenvalue weighted by Crippen LogP contribution is 2.70. The van der Waals surface area contributed by atoms with Gasteiger partial charge in [0, 0.05) is 84.6 Å². The molecule has 6 heterocycles. The number of rotatable bonds is 6. The first-order valence-corrected chi connectivity index (χ1v) is 31.0. The molecule has 2 atom stereocenters. The molecule has 6 aliphatic rings. The highest BCUT2D eigenvalue weighted by atomic mass is 32.4. The number of hydrogen-bond acceptors (Lipinski definition) is 7. The lowest BCUT2D eigenvalue weighted by Gasteiger charge is -2.53. The van der Waals surface area contributed by atoms with Crippen molar-refractivity contribution in [1.29, 1.82) is 0 Å². The van der Waals surface area contributed by atoms with Crippen molar-refractivity contribution in [1.82, 2.24) is 0 Å². The second kappa shape index (κ2) is 16.2. The van der Waals surface area contributed by atoms with E-state index < -0.39 is 14.0 Å². The van der Waals surface area contributed by atoms with Crippen molar-refractivity contribution in [3.63, 3.8) is 0 Å². The first kappa shape index (κ1) is 43.8. The van der Waals surface area contributed by atoms with Crippen LogP contribution in [0.25, 0.3) is 10.8 Å². The Morgan fingerprint density at radius 3 is 0.924 bits per heavy atom. The predicted molar refractivity (Wildman–Crippen MR) is 338 cm³/mol. The molecule has 0 amide bonds. The molecule has 370 valence electrons. The summed E-state index contributed by atoms with van der Waals surface area (Å²) in [5.41, 5.74) is 20.7. The molecule has 0 radical (unpaired) electrons.